The summed E-state index contributed by atoms with van der Waals surface area (Å²) < 4.78 is 7.62. The van der Waals surface area contributed by atoms with Gasteiger partial charge in [-0.3, -0.25) is 0 Å². The molecule has 1 aromatic carbocycles. The predicted octanol–water partition coefficient (Wildman–Crippen LogP) is 4.80. The van der Waals surface area contributed by atoms with Crippen LogP contribution in [0.3, 0.4) is 0 Å². The van der Waals surface area contributed by atoms with Crippen LogP contribution in [0, 0.1) is 6.92 Å². The van der Waals surface area contributed by atoms with E-state index in [2.05, 4.69) is 40.3 Å². The van der Waals surface area contributed by atoms with Gasteiger partial charge in [-0.25, -0.2) is 4.98 Å². The summed E-state index contributed by atoms with van der Waals surface area (Å²) in [6.45, 7) is 2.06. The van der Waals surface area contributed by atoms with Gasteiger partial charge in [0.25, 0.3) is 0 Å². The zero-order valence-corrected chi connectivity index (χ0v) is 15.5. The average Bonchev–Trinajstić information content (AvgIpc) is 3.34. The van der Waals surface area contributed by atoms with Crippen molar-refractivity contribution in [2.45, 2.75) is 17.8 Å². The van der Waals surface area contributed by atoms with Crippen molar-refractivity contribution in [2.75, 3.05) is 0 Å². The van der Waals surface area contributed by atoms with Crippen LogP contribution in [0.2, 0.25) is 0 Å². The van der Waals surface area contributed by atoms with Gasteiger partial charge in [0.05, 0.1) is 10.6 Å². The summed E-state index contributed by atoms with van der Waals surface area (Å²) in [4.78, 5) is 5.68. The quantitative estimate of drug-likeness (QED) is 0.474. The number of aryl methyl sites for hydroxylation is 1. The van der Waals surface area contributed by atoms with E-state index in [0.717, 1.165) is 27.1 Å². The fraction of sp³-hybridized carbons (Fsp3) is 0.167. The first-order chi connectivity index (χ1) is 12.2. The summed E-state index contributed by atoms with van der Waals surface area (Å²) in [5.41, 5.74) is 3.09. The van der Waals surface area contributed by atoms with Crippen molar-refractivity contribution in [3.8, 4) is 22.2 Å². The van der Waals surface area contributed by atoms with Crippen LogP contribution < -0.4 is 0 Å². The molecule has 3 aromatic heterocycles. The fourth-order valence-electron chi connectivity index (χ4n) is 2.40. The number of benzene rings is 1. The molecule has 0 fully saturated rings. The van der Waals surface area contributed by atoms with Crippen LogP contribution in [-0.2, 0) is 12.8 Å². The maximum atomic E-state index is 5.61. The molecule has 7 heteroatoms. The smallest absolute Gasteiger partial charge is 0.226 e. The lowest BCUT2D eigenvalue weighted by Gasteiger charge is -2.00. The Balaban J connectivity index is 1.46. The zero-order chi connectivity index (χ0) is 17.2. The van der Waals surface area contributed by atoms with E-state index in [9.17, 15) is 0 Å². The normalized spacial score (nSPS) is 11.1. The van der Waals surface area contributed by atoms with Crippen LogP contribution in [0.4, 0.5) is 0 Å². The Morgan fingerprint density at radius 3 is 2.76 bits per heavy atom. The number of thioether (sulfide) groups is 1. The molecule has 126 valence electrons. The molecule has 0 unspecified atom stereocenters. The summed E-state index contributed by atoms with van der Waals surface area (Å²) >= 11 is 3.26. The van der Waals surface area contributed by atoms with E-state index in [-0.39, 0.29) is 0 Å². The molecule has 0 spiro atoms. The van der Waals surface area contributed by atoms with Gasteiger partial charge in [-0.2, -0.15) is 0 Å². The second-order valence-electron chi connectivity index (χ2n) is 5.64. The molecule has 3 heterocycles. The Morgan fingerprint density at radius 1 is 1.16 bits per heavy atom. The summed E-state index contributed by atoms with van der Waals surface area (Å²) in [6, 6.07) is 12.2. The molecule has 0 saturated carbocycles. The lowest BCUT2D eigenvalue weighted by Crippen LogP contribution is -1.94. The molecule has 0 radical (unpaired) electrons. The maximum absolute atomic E-state index is 5.61. The Bertz CT molecular complexity index is 971. The van der Waals surface area contributed by atoms with E-state index in [0.29, 0.717) is 11.6 Å². The summed E-state index contributed by atoms with van der Waals surface area (Å²) in [6.07, 6.45) is 1.71. The van der Waals surface area contributed by atoms with Crippen LogP contribution in [-0.4, -0.2) is 19.7 Å². The largest absolute Gasteiger partial charge is 0.444 e. The summed E-state index contributed by atoms with van der Waals surface area (Å²) in [5, 5.41) is 11.5. The van der Waals surface area contributed by atoms with E-state index >= 15 is 0 Å². The first kappa shape index (κ1) is 16.1. The minimum Gasteiger partial charge on any atom is -0.444 e. The summed E-state index contributed by atoms with van der Waals surface area (Å²) in [5.74, 6) is 2.22. The second kappa shape index (κ2) is 6.85. The number of nitrogens with zero attached hydrogens (tertiary/aromatic N) is 4. The van der Waals surface area contributed by atoms with E-state index in [1.165, 1.54) is 5.56 Å². The lowest BCUT2D eigenvalue weighted by atomic mass is 10.1. The first-order valence-electron chi connectivity index (χ1n) is 7.78. The molecular formula is C18H16N4OS2. The van der Waals surface area contributed by atoms with Crippen molar-refractivity contribution in [3.63, 3.8) is 0 Å². The molecular weight excluding hydrogens is 352 g/mol. The topological polar surface area (TPSA) is 56.7 Å². The number of rotatable bonds is 5. The molecule has 0 atom stereocenters. The van der Waals surface area contributed by atoms with Crippen LogP contribution in [0.1, 0.15) is 11.3 Å². The molecule has 4 rings (SSSR count). The van der Waals surface area contributed by atoms with Crippen LogP contribution in [0.15, 0.2) is 57.6 Å². The minimum absolute atomic E-state index is 0.646. The zero-order valence-electron chi connectivity index (χ0n) is 13.8. The highest BCUT2D eigenvalue weighted by molar-refractivity contribution is 7.98. The van der Waals surface area contributed by atoms with Crippen molar-refractivity contribution in [1.82, 2.24) is 19.7 Å². The highest BCUT2D eigenvalue weighted by Crippen LogP contribution is 2.28. The van der Waals surface area contributed by atoms with Crippen LogP contribution >= 0.6 is 23.1 Å². The molecule has 0 saturated heterocycles. The monoisotopic (exact) mass is 368 g/mol. The highest BCUT2D eigenvalue weighted by atomic mass is 32.2. The van der Waals surface area contributed by atoms with E-state index in [1.54, 1.807) is 29.4 Å². The maximum Gasteiger partial charge on any atom is 0.226 e. The van der Waals surface area contributed by atoms with Gasteiger partial charge in [0.1, 0.15) is 6.26 Å². The van der Waals surface area contributed by atoms with Gasteiger partial charge in [-0.1, -0.05) is 35.5 Å². The minimum atomic E-state index is 0.646. The molecule has 0 bridgehead atoms. The molecule has 0 aliphatic rings. The number of hydrogen-bond acceptors (Lipinski definition) is 6. The Kier molecular flexibility index (Phi) is 4.42. The third-order valence-electron chi connectivity index (χ3n) is 3.78. The van der Waals surface area contributed by atoms with Crippen molar-refractivity contribution in [1.29, 1.82) is 0 Å². The SMILES string of the molecule is Cc1ccc(-c2nc(CSc3nnc(-c4cccs4)n3C)co2)cc1. The average molecular weight is 368 g/mol. The Labute approximate surface area is 153 Å². The Morgan fingerprint density at radius 2 is 2.00 bits per heavy atom. The highest BCUT2D eigenvalue weighted by Gasteiger charge is 2.13. The first-order valence-corrected chi connectivity index (χ1v) is 9.65. The van der Waals surface area contributed by atoms with Crippen molar-refractivity contribution >= 4 is 23.1 Å². The molecule has 0 amide bonds. The van der Waals surface area contributed by atoms with Gasteiger partial charge in [-0.15, -0.1) is 21.5 Å². The van der Waals surface area contributed by atoms with Gasteiger partial charge < -0.3 is 8.98 Å². The number of hydrogen-bond donors (Lipinski definition) is 0. The third kappa shape index (κ3) is 3.38. The second-order valence-corrected chi connectivity index (χ2v) is 7.53. The number of thiophene rings is 1. The molecule has 0 aliphatic heterocycles. The van der Waals surface area contributed by atoms with Crippen molar-refractivity contribution < 1.29 is 4.42 Å². The fourth-order valence-corrected chi connectivity index (χ4v) is 3.93. The molecule has 0 aliphatic carbocycles. The number of aromatic nitrogens is 4. The van der Waals surface area contributed by atoms with E-state index in [4.69, 9.17) is 4.42 Å². The number of oxazole rings is 1. The van der Waals surface area contributed by atoms with Gasteiger partial charge in [0.2, 0.25) is 5.89 Å². The molecule has 25 heavy (non-hydrogen) atoms. The predicted molar refractivity (Wildman–Crippen MR) is 101 cm³/mol. The molecule has 0 N–H and O–H groups in total. The molecule has 4 aromatic rings. The van der Waals surface area contributed by atoms with Crippen LogP contribution in [0.25, 0.3) is 22.2 Å². The van der Waals surface area contributed by atoms with E-state index in [1.807, 2.05) is 35.2 Å². The lowest BCUT2D eigenvalue weighted by molar-refractivity contribution is 0.573. The Hall–Kier alpha value is -2.38. The van der Waals surface area contributed by atoms with Crippen LogP contribution in [0.5, 0.6) is 0 Å². The van der Waals surface area contributed by atoms with Gasteiger partial charge in [0.15, 0.2) is 11.0 Å². The standard InChI is InChI=1S/C18H16N4OS2/c1-12-5-7-13(8-6-12)17-19-14(10-23-17)11-25-18-21-20-16(22(18)2)15-4-3-9-24-15/h3-10H,11H2,1-2H3. The van der Waals surface area contributed by atoms with Gasteiger partial charge in [-0.05, 0) is 30.5 Å². The van der Waals surface area contributed by atoms with Gasteiger partial charge in [0, 0.05) is 18.4 Å². The van der Waals surface area contributed by atoms with Crippen molar-refractivity contribution in [3.05, 3.63) is 59.3 Å². The third-order valence-corrected chi connectivity index (χ3v) is 5.70. The van der Waals surface area contributed by atoms with E-state index < -0.39 is 0 Å². The van der Waals surface area contributed by atoms with Gasteiger partial charge >= 0.3 is 0 Å². The molecule has 5 nitrogen and oxygen atoms in total. The van der Waals surface area contributed by atoms with Crippen molar-refractivity contribution in [2.24, 2.45) is 7.05 Å². The summed E-state index contributed by atoms with van der Waals surface area (Å²) in [7, 11) is 1.98.